The van der Waals surface area contributed by atoms with Crippen molar-refractivity contribution in [2.45, 2.75) is 39.4 Å². The molecule has 0 spiro atoms. The second kappa shape index (κ2) is 4.28. The molecule has 0 atom stereocenters. The number of ketones is 1. The van der Waals surface area contributed by atoms with E-state index in [1.807, 2.05) is 0 Å². The van der Waals surface area contributed by atoms with Gasteiger partial charge in [-0.1, -0.05) is 6.92 Å². The first kappa shape index (κ1) is 14.0. The molecule has 6 heteroatoms. The maximum absolute atomic E-state index is 12.4. The number of carbonyl (C=O) groups is 3. The summed E-state index contributed by atoms with van der Waals surface area (Å²) in [7, 11) is 0. The van der Waals surface area contributed by atoms with Crippen LogP contribution in [0.2, 0.25) is 0 Å². The quantitative estimate of drug-likeness (QED) is 0.573. The third-order valence-corrected chi connectivity index (χ3v) is 3.72. The molecule has 1 aliphatic carbocycles. The monoisotopic (exact) mass is 272 g/mol. The molecule has 1 saturated carbocycles. The summed E-state index contributed by atoms with van der Waals surface area (Å²) in [4.78, 5) is 35.8. The molecular weight excluding hydrogens is 255 g/mol. The summed E-state index contributed by atoms with van der Waals surface area (Å²) in [5.74, 6) is -5.32. The average molecular weight is 272 g/mol. The highest BCUT2D eigenvalue weighted by Gasteiger charge is 2.55. The average Bonchev–Trinajstić information content (AvgIpc) is 2.21. The number of hydrogen-bond donors (Lipinski definition) is 0. The van der Waals surface area contributed by atoms with Gasteiger partial charge in [-0.2, -0.15) is 0 Å². The fourth-order valence-corrected chi connectivity index (χ4v) is 2.81. The van der Waals surface area contributed by atoms with Gasteiger partial charge in [0, 0.05) is 19.3 Å². The van der Waals surface area contributed by atoms with Crippen molar-refractivity contribution in [1.29, 1.82) is 0 Å². The Morgan fingerprint density at radius 3 is 2.11 bits per heavy atom. The number of carbonyl (C=O) groups excluding carboxylic acids is 3. The van der Waals surface area contributed by atoms with Gasteiger partial charge >= 0.3 is 11.9 Å². The largest absolute Gasteiger partial charge is 0.422 e. The van der Waals surface area contributed by atoms with Crippen molar-refractivity contribution in [3.63, 3.8) is 0 Å². The van der Waals surface area contributed by atoms with Crippen molar-refractivity contribution in [3.8, 4) is 0 Å². The normalized spacial score (nSPS) is 34.2. The Labute approximate surface area is 110 Å². The molecule has 2 fully saturated rings. The third kappa shape index (κ3) is 2.35. The van der Waals surface area contributed by atoms with Crippen LogP contribution in [-0.4, -0.2) is 30.2 Å². The smallest absolute Gasteiger partial charge is 0.331 e. The minimum Gasteiger partial charge on any atom is -0.422 e. The molecule has 1 aliphatic heterocycles. The summed E-state index contributed by atoms with van der Waals surface area (Å²) in [6.45, 7) is 4.00. The lowest BCUT2D eigenvalue weighted by molar-refractivity contribution is -0.239. The first-order valence-corrected chi connectivity index (χ1v) is 6.24. The SMILES string of the molecule is CC1(C)OC(=O)C(C(=O)C2(C)CC(CF)C2)C(=O)O1. The lowest BCUT2D eigenvalue weighted by Crippen LogP contribution is -2.54. The zero-order chi connectivity index (χ0) is 14.4. The maximum atomic E-state index is 12.4. The fraction of sp³-hybridized carbons (Fsp3) is 0.769. The lowest BCUT2D eigenvalue weighted by atomic mass is 9.59. The summed E-state index contributed by atoms with van der Waals surface area (Å²) in [5.41, 5.74) is -0.832. The molecule has 2 aliphatic rings. The first-order chi connectivity index (χ1) is 8.68. The molecule has 0 radical (unpaired) electrons. The molecule has 106 valence electrons. The van der Waals surface area contributed by atoms with Gasteiger partial charge in [-0.25, -0.2) is 0 Å². The molecule has 2 rings (SSSR count). The summed E-state index contributed by atoms with van der Waals surface area (Å²) >= 11 is 0. The topological polar surface area (TPSA) is 69.7 Å². The summed E-state index contributed by atoms with van der Waals surface area (Å²) in [6.07, 6.45) is 0.700. The molecule has 0 aromatic heterocycles. The van der Waals surface area contributed by atoms with E-state index in [2.05, 4.69) is 0 Å². The van der Waals surface area contributed by atoms with Crippen LogP contribution in [0.25, 0.3) is 0 Å². The Morgan fingerprint density at radius 2 is 1.68 bits per heavy atom. The molecule has 19 heavy (non-hydrogen) atoms. The highest BCUT2D eigenvalue weighted by atomic mass is 19.1. The van der Waals surface area contributed by atoms with Crippen molar-refractivity contribution in [2.24, 2.45) is 17.3 Å². The zero-order valence-electron chi connectivity index (χ0n) is 11.2. The highest BCUT2D eigenvalue weighted by Crippen LogP contribution is 2.48. The van der Waals surface area contributed by atoms with Gasteiger partial charge in [-0.05, 0) is 18.8 Å². The van der Waals surface area contributed by atoms with Crippen LogP contribution in [0.1, 0.15) is 33.6 Å². The van der Waals surface area contributed by atoms with Crippen LogP contribution in [0, 0.1) is 17.3 Å². The second-order valence-electron chi connectivity index (χ2n) is 6.03. The Hall–Kier alpha value is -1.46. The number of ether oxygens (including phenoxy) is 2. The minimum atomic E-state index is -1.53. The van der Waals surface area contributed by atoms with Gasteiger partial charge in [0.1, 0.15) is 0 Å². The highest BCUT2D eigenvalue weighted by molar-refractivity contribution is 6.17. The van der Waals surface area contributed by atoms with Gasteiger partial charge in [0.05, 0.1) is 6.67 Å². The van der Waals surface area contributed by atoms with Crippen LogP contribution in [0.4, 0.5) is 4.39 Å². The van der Waals surface area contributed by atoms with E-state index >= 15 is 0 Å². The summed E-state index contributed by atoms with van der Waals surface area (Å²) < 4.78 is 22.3. The number of hydrogen-bond acceptors (Lipinski definition) is 5. The van der Waals surface area contributed by atoms with Crippen LogP contribution >= 0.6 is 0 Å². The number of halogens is 1. The van der Waals surface area contributed by atoms with E-state index in [0.29, 0.717) is 12.8 Å². The number of Topliss-reactive ketones (excluding diaryl/α,β-unsaturated/α-hetero) is 1. The molecule has 0 bridgehead atoms. The summed E-state index contributed by atoms with van der Waals surface area (Å²) in [5, 5.41) is 0. The molecule has 1 heterocycles. The Bertz CT molecular complexity index is 416. The Morgan fingerprint density at radius 1 is 1.21 bits per heavy atom. The third-order valence-electron chi connectivity index (χ3n) is 3.72. The number of cyclic esters (lactones) is 2. The van der Waals surface area contributed by atoms with E-state index < -0.39 is 41.5 Å². The van der Waals surface area contributed by atoms with E-state index in [1.165, 1.54) is 13.8 Å². The van der Waals surface area contributed by atoms with E-state index in [1.54, 1.807) is 6.92 Å². The Balaban J connectivity index is 2.12. The standard InChI is InChI=1S/C13H17FO5/c1-12(2)18-10(16)8(11(17)19-12)9(15)13(3)4-7(5-13)6-14/h7-8H,4-6H2,1-3H3. The van der Waals surface area contributed by atoms with E-state index in [0.717, 1.165) is 0 Å². The molecule has 0 aromatic rings. The lowest BCUT2D eigenvalue weighted by Gasteiger charge is -2.44. The van der Waals surface area contributed by atoms with Gasteiger partial charge in [0.15, 0.2) is 5.78 Å². The second-order valence-corrected chi connectivity index (χ2v) is 6.03. The van der Waals surface area contributed by atoms with Gasteiger partial charge < -0.3 is 9.47 Å². The van der Waals surface area contributed by atoms with Crippen molar-refractivity contribution in [3.05, 3.63) is 0 Å². The summed E-state index contributed by atoms with van der Waals surface area (Å²) in [6, 6.07) is 0. The van der Waals surface area contributed by atoms with Gasteiger partial charge in [0.25, 0.3) is 5.79 Å². The molecule has 0 N–H and O–H groups in total. The van der Waals surface area contributed by atoms with Crippen molar-refractivity contribution in [1.82, 2.24) is 0 Å². The van der Waals surface area contributed by atoms with Crippen LogP contribution in [-0.2, 0) is 23.9 Å². The number of esters is 2. The van der Waals surface area contributed by atoms with Crippen molar-refractivity contribution >= 4 is 17.7 Å². The molecule has 0 aromatic carbocycles. The van der Waals surface area contributed by atoms with E-state index in [9.17, 15) is 18.8 Å². The van der Waals surface area contributed by atoms with Crippen LogP contribution < -0.4 is 0 Å². The first-order valence-electron chi connectivity index (χ1n) is 6.24. The van der Waals surface area contributed by atoms with Crippen molar-refractivity contribution < 1.29 is 28.2 Å². The van der Waals surface area contributed by atoms with Crippen molar-refractivity contribution in [2.75, 3.05) is 6.67 Å². The van der Waals surface area contributed by atoms with E-state index in [4.69, 9.17) is 9.47 Å². The van der Waals surface area contributed by atoms with Gasteiger partial charge in [0.2, 0.25) is 5.92 Å². The van der Waals surface area contributed by atoms with Gasteiger partial charge in [-0.3, -0.25) is 18.8 Å². The zero-order valence-corrected chi connectivity index (χ0v) is 11.2. The van der Waals surface area contributed by atoms with E-state index in [-0.39, 0.29) is 5.92 Å². The molecule has 0 unspecified atom stereocenters. The predicted molar refractivity (Wildman–Crippen MR) is 61.6 cm³/mol. The van der Waals surface area contributed by atoms with Crippen LogP contribution in [0.15, 0.2) is 0 Å². The fourth-order valence-electron chi connectivity index (χ4n) is 2.81. The molecule has 0 amide bonds. The molecular formula is C13H17FO5. The van der Waals surface area contributed by atoms with Gasteiger partial charge in [-0.15, -0.1) is 0 Å². The number of alkyl halides is 1. The number of rotatable bonds is 3. The Kier molecular flexibility index (Phi) is 3.15. The maximum Gasteiger partial charge on any atom is 0.331 e. The molecule has 5 nitrogen and oxygen atoms in total. The predicted octanol–water partition coefficient (Wildman–Crippen LogP) is 1.39. The molecule has 1 saturated heterocycles. The van der Waals surface area contributed by atoms with Crippen LogP contribution in [0.5, 0.6) is 0 Å². The van der Waals surface area contributed by atoms with Crippen LogP contribution in [0.3, 0.4) is 0 Å². The minimum absolute atomic E-state index is 0.166.